The Hall–Kier alpha value is -1.33. The first-order valence-corrected chi connectivity index (χ1v) is 5.49. The number of aryl methyl sites for hydroxylation is 1. The van der Waals surface area contributed by atoms with Crippen LogP contribution in [0.4, 0.5) is 0 Å². The van der Waals surface area contributed by atoms with E-state index in [0.29, 0.717) is 5.82 Å². The third-order valence-corrected chi connectivity index (χ3v) is 3.14. The maximum atomic E-state index is 5.76. The van der Waals surface area contributed by atoms with Crippen LogP contribution in [0.15, 0.2) is 18.6 Å². The van der Waals surface area contributed by atoms with Crippen LogP contribution in [0.1, 0.15) is 23.4 Å². The maximum Gasteiger partial charge on any atom is 0.188 e. The molecule has 0 bridgehead atoms. The zero-order chi connectivity index (χ0) is 10.8. The van der Waals surface area contributed by atoms with Crippen LogP contribution >= 0.6 is 11.3 Å². The summed E-state index contributed by atoms with van der Waals surface area (Å²) in [7, 11) is 0. The lowest BCUT2D eigenvalue weighted by atomic mass is 10.3. The van der Waals surface area contributed by atoms with Gasteiger partial charge in [0.1, 0.15) is 0 Å². The number of nitrogens with zero attached hydrogens (tertiary/aromatic N) is 3. The molecule has 15 heavy (non-hydrogen) atoms. The number of hydrogen-bond donors (Lipinski definition) is 1. The van der Waals surface area contributed by atoms with Crippen molar-refractivity contribution in [1.82, 2.24) is 15.0 Å². The normalized spacial score (nSPS) is 12.7. The van der Waals surface area contributed by atoms with Gasteiger partial charge >= 0.3 is 0 Å². The van der Waals surface area contributed by atoms with E-state index in [1.165, 1.54) is 11.3 Å². The summed E-state index contributed by atoms with van der Waals surface area (Å²) < 4.78 is 0. The number of nitrogens with two attached hydrogens (primary N) is 1. The molecule has 0 saturated carbocycles. The molecular weight excluding hydrogens is 208 g/mol. The highest BCUT2D eigenvalue weighted by Gasteiger charge is 2.09. The SMILES string of the molecule is Cc1cnc(-c2ncc(C(C)N)s2)nc1. The average Bonchev–Trinajstić information content (AvgIpc) is 2.68. The minimum Gasteiger partial charge on any atom is -0.323 e. The molecule has 1 unspecified atom stereocenters. The second-order valence-electron chi connectivity index (χ2n) is 3.44. The molecule has 0 radical (unpaired) electrons. The van der Waals surface area contributed by atoms with Crippen LogP contribution in [-0.2, 0) is 0 Å². The molecule has 0 aliphatic heterocycles. The third-order valence-electron chi connectivity index (χ3n) is 1.94. The van der Waals surface area contributed by atoms with E-state index in [9.17, 15) is 0 Å². The first-order chi connectivity index (χ1) is 7.16. The smallest absolute Gasteiger partial charge is 0.188 e. The highest BCUT2D eigenvalue weighted by Crippen LogP contribution is 2.24. The molecule has 0 spiro atoms. The first kappa shape index (κ1) is 10.2. The summed E-state index contributed by atoms with van der Waals surface area (Å²) in [5.41, 5.74) is 6.80. The van der Waals surface area contributed by atoms with Crippen molar-refractivity contribution in [3.8, 4) is 10.8 Å². The van der Waals surface area contributed by atoms with Crippen LogP contribution in [0.5, 0.6) is 0 Å². The zero-order valence-corrected chi connectivity index (χ0v) is 9.45. The number of hydrogen-bond acceptors (Lipinski definition) is 5. The van der Waals surface area contributed by atoms with Crippen molar-refractivity contribution in [1.29, 1.82) is 0 Å². The van der Waals surface area contributed by atoms with Gasteiger partial charge in [-0.05, 0) is 19.4 Å². The van der Waals surface area contributed by atoms with Gasteiger partial charge in [-0.25, -0.2) is 15.0 Å². The predicted octanol–water partition coefficient (Wildman–Crippen LogP) is 1.93. The van der Waals surface area contributed by atoms with Gasteiger partial charge in [0.2, 0.25) is 0 Å². The molecular formula is C10H12N4S. The van der Waals surface area contributed by atoms with Crippen molar-refractivity contribution in [2.45, 2.75) is 19.9 Å². The summed E-state index contributed by atoms with van der Waals surface area (Å²) >= 11 is 1.54. The molecule has 0 aliphatic carbocycles. The molecule has 2 rings (SSSR count). The molecule has 5 heteroatoms. The van der Waals surface area contributed by atoms with Crippen LogP contribution in [-0.4, -0.2) is 15.0 Å². The molecule has 0 aliphatic rings. The summed E-state index contributed by atoms with van der Waals surface area (Å²) in [5, 5.41) is 0.822. The van der Waals surface area contributed by atoms with Gasteiger partial charge in [0.25, 0.3) is 0 Å². The summed E-state index contributed by atoms with van der Waals surface area (Å²) in [6.45, 7) is 3.90. The van der Waals surface area contributed by atoms with E-state index in [-0.39, 0.29) is 6.04 Å². The lowest BCUT2D eigenvalue weighted by Gasteiger charge is -1.97. The lowest BCUT2D eigenvalue weighted by molar-refractivity contribution is 0.835. The van der Waals surface area contributed by atoms with Gasteiger partial charge in [0.05, 0.1) is 0 Å². The van der Waals surface area contributed by atoms with E-state index in [1.54, 1.807) is 18.6 Å². The predicted molar refractivity (Wildman–Crippen MR) is 60.5 cm³/mol. The zero-order valence-electron chi connectivity index (χ0n) is 8.64. The first-order valence-electron chi connectivity index (χ1n) is 4.67. The Bertz CT molecular complexity index is 447. The minimum atomic E-state index is 0.0155. The highest BCUT2D eigenvalue weighted by atomic mass is 32.1. The third kappa shape index (κ3) is 2.19. The van der Waals surface area contributed by atoms with E-state index >= 15 is 0 Å². The standard InChI is InChI=1S/C10H12N4S/c1-6-3-12-9(13-4-6)10-14-5-8(15-10)7(2)11/h3-5,7H,11H2,1-2H3. The molecule has 2 aromatic rings. The fraction of sp³-hybridized carbons (Fsp3) is 0.300. The second-order valence-corrected chi connectivity index (χ2v) is 4.50. The Morgan fingerprint density at radius 1 is 1.20 bits per heavy atom. The molecule has 2 aromatic heterocycles. The molecule has 78 valence electrons. The van der Waals surface area contributed by atoms with Crippen molar-refractivity contribution >= 4 is 11.3 Å². The maximum absolute atomic E-state index is 5.76. The van der Waals surface area contributed by atoms with Crippen LogP contribution < -0.4 is 5.73 Å². The molecule has 4 nitrogen and oxygen atoms in total. The molecule has 0 aromatic carbocycles. The monoisotopic (exact) mass is 220 g/mol. The fourth-order valence-corrected chi connectivity index (χ4v) is 1.92. The van der Waals surface area contributed by atoms with Gasteiger partial charge in [-0.1, -0.05) is 0 Å². The molecule has 0 fully saturated rings. The number of thiazole rings is 1. The van der Waals surface area contributed by atoms with E-state index in [0.717, 1.165) is 15.4 Å². The summed E-state index contributed by atoms with van der Waals surface area (Å²) in [5.74, 6) is 0.664. The van der Waals surface area contributed by atoms with Gasteiger partial charge in [-0.2, -0.15) is 0 Å². The fourth-order valence-electron chi connectivity index (χ4n) is 1.10. The molecule has 2 N–H and O–H groups in total. The second kappa shape index (κ2) is 4.04. The van der Waals surface area contributed by atoms with Crippen molar-refractivity contribution in [2.24, 2.45) is 5.73 Å². The van der Waals surface area contributed by atoms with Crippen molar-refractivity contribution in [3.05, 3.63) is 29.0 Å². The molecule has 0 saturated heterocycles. The Morgan fingerprint density at radius 2 is 1.87 bits per heavy atom. The van der Waals surface area contributed by atoms with Gasteiger partial charge in [-0.15, -0.1) is 11.3 Å². The van der Waals surface area contributed by atoms with Crippen LogP contribution in [0.25, 0.3) is 10.8 Å². The Labute approximate surface area is 92.2 Å². The minimum absolute atomic E-state index is 0.0155. The molecule has 1 atom stereocenters. The summed E-state index contributed by atoms with van der Waals surface area (Å²) in [6.07, 6.45) is 5.36. The van der Waals surface area contributed by atoms with Crippen LogP contribution in [0.2, 0.25) is 0 Å². The van der Waals surface area contributed by atoms with Crippen LogP contribution in [0.3, 0.4) is 0 Å². The van der Waals surface area contributed by atoms with E-state index in [1.807, 2.05) is 13.8 Å². The summed E-state index contributed by atoms with van der Waals surface area (Å²) in [6, 6.07) is 0.0155. The van der Waals surface area contributed by atoms with Gasteiger partial charge in [-0.3, -0.25) is 0 Å². The Morgan fingerprint density at radius 3 is 2.40 bits per heavy atom. The lowest BCUT2D eigenvalue weighted by Crippen LogP contribution is -2.01. The topological polar surface area (TPSA) is 64.7 Å². The number of rotatable bonds is 2. The van der Waals surface area contributed by atoms with E-state index in [2.05, 4.69) is 15.0 Å². The van der Waals surface area contributed by atoms with Crippen LogP contribution in [0, 0.1) is 6.92 Å². The summed E-state index contributed by atoms with van der Waals surface area (Å²) in [4.78, 5) is 13.7. The van der Waals surface area contributed by atoms with E-state index in [4.69, 9.17) is 5.73 Å². The van der Waals surface area contributed by atoms with Crippen molar-refractivity contribution < 1.29 is 0 Å². The average molecular weight is 220 g/mol. The van der Waals surface area contributed by atoms with E-state index < -0.39 is 0 Å². The van der Waals surface area contributed by atoms with Gasteiger partial charge in [0, 0.05) is 29.5 Å². The van der Waals surface area contributed by atoms with Gasteiger partial charge in [0.15, 0.2) is 10.8 Å². The Balaban J connectivity index is 2.33. The largest absolute Gasteiger partial charge is 0.323 e. The van der Waals surface area contributed by atoms with Crippen molar-refractivity contribution in [3.63, 3.8) is 0 Å². The molecule has 2 heterocycles. The molecule has 0 amide bonds. The van der Waals surface area contributed by atoms with Gasteiger partial charge < -0.3 is 5.73 Å². The quantitative estimate of drug-likeness (QED) is 0.839. The highest BCUT2D eigenvalue weighted by molar-refractivity contribution is 7.15. The van der Waals surface area contributed by atoms with Crippen molar-refractivity contribution in [2.75, 3.05) is 0 Å². The Kier molecular flexibility index (Phi) is 2.75. The number of aromatic nitrogens is 3.